The molecular weight excluding hydrogens is 114 g/mol. The van der Waals surface area contributed by atoms with Gasteiger partial charge in [-0.1, -0.05) is 13.8 Å². The molecule has 0 aromatic heterocycles. The van der Waals surface area contributed by atoms with Crippen molar-refractivity contribution in [2.75, 3.05) is 19.8 Å². The number of morpholine rings is 1. The second kappa shape index (κ2) is 3.18. The van der Waals surface area contributed by atoms with E-state index in [1.807, 2.05) is 0 Å². The average Bonchev–Trinajstić information content (AvgIpc) is 1.90. The predicted molar refractivity (Wildman–Crippen MR) is 37.4 cm³/mol. The lowest BCUT2D eigenvalue weighted by molar-refractivity contribution is 0.0623. The number of nitrogens with one attached hydrogen (secondary N) is 1. The van der Waals surface area contributed by atoms with Crippen LogP contribution in [-0.4, -0.2) is 25.8 Å². The lowest BCUT2D eigenvalue weighted by Crippen LogP contribution is -2.44. The summed E-state index contributed by atoms with van der Waals surface area (Å²) >= 11 is 0. The van der Waals surface area contributed by atoms with Crippen LogP contribution in [0.5, 0.6) is 0 Å². The molecule has 0 amide bonds. The van der Waals surface area contributed by atoms with Gasteiger partial charge < -0.3 is 10.1 Å². The highest BCUT2D eigenvalue weighted by molar-refractivity contribution is 4.72. The first-order chi connectivity index (χ1) is 4.30. The molecule has 1 aliphatic heterocycles. The summed E-state index contributed by atoms with van der Waals surface area (Å²) in [4.78, 5) is 0. The van der Waals surface area contributed by atoms with Crippen LogP contribution in [0.4, 0.5) is 0 Å². The summed E-state index contributed by atoms with van der Waals surface area (Å²) in [6.07, 6.45) is 0. The molecule has 0 radical (unpaired) electrons. The minimum absolute atomic E-state index is 0.582. The largest absolute Gasteiger partial charge is 0.379 e. The highest BCUT2D eigenvalue weighted by Gasteiger charge is 2.15. The summed E-state index contributed by atoms with van der Waals surface area (Å²) in [5.74, 6) is 0.699. The third kappa shape index (κ3) is 1.95. The number of ether oxygens (including phenoxy) is 1. The van der Waals surface area contributed by atoms with E-state index >= 15 is 0 Å². The van der Waals surface area contributed by atoms with E-state index in [0.717, 1.165) is 19.8 Å². The van der Waals surface area contributed by atoms with E-state index in [-0.39, 0.29) is 0 Å². The summed E-state index contributed by atoms with van der Waals surface area (Å²) in [5, 5.41) is 3.39. The maximum atomic E-state index is 5.28. The molecule has 1 saturated heterocycles. The first kappa shape index (κ1) is 7.03. The third-order valence-corrected chi connectivity index (χ3v) is 1.76. The van der Waals surface area contributed by atoms with E-state index in [9.17, 15) is 0 Å². The second-order valence-corrected chi connectivity index (χ2v) is 2.88. The van der Waals surface area contributed by atoms with Crippen molar-refractivity contribution in [3.63, 3.8) is 0 Å². The Bertz CT molecular complexity index is 77.0. The smallest absolute Gasteiger partial charge is 0.0622 e. The average molecular weight is 129 g/mol. The zero-order valence-corrected chi connectivity index (χ0v) is 6.18. The molecule has 1 atom stereocenters. The van der Waals surface area contributed by atoms with Gasteiger partial charge in [-0.25, -0.2) is 0 Å². The van der Waals surface area contributed by atoms with Crippen molar-refractivity contribution in [2.45, 2.75) is 19.9 Å². The molecule has 0 spiro atoms. The van der Waals surface area contributed by atoms with Crippen molar-refractivity contribution in [1.29, 1.82) is 0 Å². The Morgan fingerprint density at radius 1 is 1.56 bits per heavy atom. The third-order valence-electron chi connectivity index (χ3n) is 1.76. The van der Waals surface area contributed by atoms with E-state index in [1.54, 1.807) is 0 Å². The molecule has 1 fully saturated rings. The molecule has 1 aliphatic rings. The van der Waals surface area contributed by atoms with Gasteiger partial charge in [0.25, 0.3) is 0 Å². The highest BCUT2D eigenvalue weighted by Crippen LogP contribution is 2.04. The van der Waals surface area contributed by atoms with Gasteiger partial charge >= 0.3 is 0 Å². The summed E-state index contributed by atoms with van der Waals surface area (Å²) in [7, 11) is 0. The maximum Gasteiger partial charge on any atom is 0.0622 e. The Labute approximate surface area is 56.6 Å². The summed E-state index contributed by atoms with van der Waals surface area (Å²) < 4.78 is 5.28. The molecule has 0 aromatic rings. The lowest BCUT2D eigenvalue weighted by atomic mass is 10.1. The number of hydrogen-bond donors (Lipinski definition) is 1. The fourth-order valence-electron chi connectivity index (χ4n) is 1.01. The van der Waals surface area contributed by atoms with Crippen molar-refractivity contribution in [3.05, 3.63) is 0 Å². The minimum atomic E-state index is 0.582. The molecule has 1 N–H and O–H groups in total. The topological polar surface area (TPSA) is 21.3 Å². The van der Waals surface area contributed by atoms with Crippen LogP contribution in [0.1, 0.15) is 13.8 Å². The fraction of sp³-hybridized carbons (Fsp3) is 1.00. The second-order valence-electron chi connectivity index (χ2n) is 2.88. The van der Waals surface area contributed by atoms with Crippen molar-refractivity contribution >= 4 is 0 Å². The highest BCUT2D eigenvalue weighted by atomic mass is 16.5. The molecule has 54 valence electrons. The van der Waals surface area contributed by atoms with Crippen LogP contribution in [0.15, 0.2) is 0 Å². The lowest BCUT2D eigenvalue weighted by Gasteiger charge is -2.26. The van der Waals surface area contributed by atoms with E-state index in [4.69, 9.17) is 4.74 Å². The van der Waals surface area contributed by atoms with E-state index in [1.165, 1.54) is 0 Å². The Balaban J connectivity index is 2.23. The van der Waals surface area contributed by atoms with Crippen molar-refractivity contribution in [2.24, 2.45) is 5.92 Å². The van der Waals surface area contributed by atoms with Gasteiger partial charge in [-0.3, -0.25) is 0 Å². The maximum absolute atomic E-state index is 5.28. The zero-order chi connectivity index (χ0) is 6.69. The fourth-order valence-corrected chi connectivity index (χ4v) is 1.01. The van der Waals surface area contributed by atoms with E-state index in [2.05, 4.69) is 19.2 Å². The Morgan fingerprint density at radius 2 is 2.33 bits per heavy atom. The predicted octanol–water partition coefficient (Wildman–Crippen LogP) is 0.631. The Morgan fingerprint density at radius 3 is 2.67 bits per heavy atom. The van der Waals surface area contributed by atoms with Crippen LogP contribution < -0.4 is 5.32 Å². The van der Waals surface area contributed by atoms with Crippen molar-refractivity contribution in [1.82, 2.24) is 5.32 Å². The molecule has 2 heteroatoms. The molecule has 2 nitrogen and oxygen atoms in total. The molecule has 0 aromatic carbocycles. The Hall–Kier alpha value is -0.0800. The van der Waals surface area contributed by atoms with Gasteiger partial charge in [0, 0.05) is 12.6 Å². The van der Waals surface area contributed by atoms with Crippen LogP contribution in [0.3, 0.4) is 0 Å². The minimum Gasteiger partial charge on any atom is -0.379 e. The standard InChI is InChI=1S/C7H15NO/c1-6(2)7-5-9-4-3-8-7/h6-8H,3-5H2,1-2H3/t7-/m1/s1. The van der Waals surface area contributed by atoms with Gasteiger partial charge in [0.1, 0.15) is 0 Å². The van der Waals surface area contributed by atoms with E-state index in [0.29, 0.717) is 12.0 Å². The SMILES string of the molecule is CC(C)[C@H]1COCCN1. The van der Waals surface area contributed by atoms with Gasteiger partial charge in [0.15, 0.2) is 0 Å². The molecule has 0 saturated carbocycles. The molecule has 1 heterocycles. The Kier molecular flexibility index (Phi) is 2.49. The van der Waals surface area contributed by atoms with Gasteiger partial charge in [-0.2, -0.15) is 0 Å². The van der Waals surface area contributed by atoms with Gasteiger partial charge in [-0.05, 0) is 5.92 Å². The number of rotatable bonds is 1. The van der Waals surface area contributed by atoms with Crippen LogP contribution in [0.25, 0.3) is 0 Å². The van der Waals surface area contributed by atoms with Gasteiger partial charge in [0.2, 0.25) is 0 Å². The zero-order valence-electron chi connectivity index (χ0n) is 6.18. The van der Waals surface area contributed by atoms with Gasteiger partial charge in [-0.15, -0.1) is 0 Å². The van der Waals surface area contributed by atoms with Crippen LogP contribution in [-0.2, 0) is 4.74 Å². The quantitative estimate of drug-likeness (QED) is 0.560. The first-order valence-electron chi connectivity index (χ1n) is 3.62. The van der Waals surface area contributed by atoms with Crippen LogP contribution in [0, 0.1) is 5.92 Å². The normalized spacial score (nSPS) is 29.0. The van der Waals surface area contributed by atoms with Crippen molar-refractivity contribution in [3.8, 4) is 0 Å². The summed E-state index contributed by atoms with van der Waals surface area (Å²) in [5.41, 5.74) is 0. The molecule has 9 heavy (non-hydrogen) atoms. The van der Waals surface area contributed by atoms with E-state index < -0.39 is 0 Å². The summed E-state index contributed by atoms with van der Waals surface area (Å²) in [6, 6.07) is 0.582. The number of hydrogen-bond acceptors (Lipinski definition) is 2. The molecule has 0 bridgehead atoms. The van der Waals surface area contributed by atoms with Gasteiger partial charge in [0.05, 0.1) is 13.2 Å². The summed E-state index contributed by atoms with van der Waals surface area (Å²) in [6.45, 7) is 7.21. The molecule has 0 aliphatic carbocycles. The first-order valence-corrected chi connectivity index (χ1v) is 3.62. The molecule has 1 rings (SSSR count). The molecule has 0 unspecified atom stereocenters. The van der Waals surface area contributed by atoms with Crippen LogP contribution >= 0.6 is 0 Å². The van der Waals surface area contributed by atoms with Crippen LogP contribution in [0.2, 0.25) is 0 Å². The monoisotopic (exact) mass is 129 g/mol. The van der Waals surface area contributed by atoms with Crippen molar-refractivity contribution < 1.29 is 4.74 Å². The molecular formula is C7H15NO.